The lowest BCUT2D eigenvalue weighted by atomic mass is 10.1. The molecule has 1 aromatic carbocycles. The molecule has 4 nitrogen and oxygen atoms in total. The van der Waals surface area contributed by atoms with Crippen molar-refractivity contribution in [3.63, 3.8) is 0 Å². The molecule has 0 atom stereocenters. The Hall–Kier alpha value is -1.59. The fraction of sp³-hybridized carbons (Fsp3) is 0.368. The van der Waals surface area contributed by atoms with Gasteiger partial charge in [0.1, 0.15) is 5.56 Å². The van der Waals surface area contributed by atoms with Crippen molar-refractivity contribution < 1.29 is 4.79 Å². The highest BCUT2D eigenvalue weighted by Crippen LogP contribution is 2.26. The molecule has 2 aromatic rings. The van der Waals surface area contributed by atoms with Gasteiger partial charge in [0.2, 0.25) is 5.43 Å². The Kier molecular flexibility index (Phi) is 5.35. The molecule has 0 bridgehead atoms. The molecule has 6 heteroatoms. The number of halogens is 2. The fourth-order valence-electron chi connectivity index (χ4n) is 3.32. The van der Waals surface area contributed by atoms with Crippen LogP contribution in [-0.4, -0.2) is 10.5 Å². The summed E-state index contributed by atoms with van der Waals surface area (Å²) < 4.78 is 2.57. The Morgan fingerprint density at radius 3 is 2.76 bits per heavy atom. The van der Waals surface area contributed by atoms with E-state index in [0.717, 1.165) is 49.2 Å². The van der Waals surface area contributed by atoms with E-state index in [4.69, 9.17) is 11.6 Å². The van der Waals surface area contributed by atoms with Crippen LogP contribution < -0.4 is 10.7 Å². The summed E-state index contributed by atoms with van der Waals surface area (Å²) in [4.78, 5) is 25.8. The van der Waals surface area contributed by atoms with Crippen LogP contribution in [0.1, 0.15) is 46.6 Å². The van der Waals surface area contributed by atoms with Crippen LogP contribution in [0.25, 0.3) is 0 Å². The first-order valence-corrected chi connectivity index (χ1v) is 9.57. The quantitative estimate of drug-likeness (QED) is 0.750. The van der Waals surface area contributed by atoms with Crippen molar-refractivity contribution in [1.29, 1.82) is 0 Å². The number of carbonyl (C=O) groups is 1. The molecule has 2 heterocycles. The predicted octanol–water partition coefficient (Wildman–Crippen LogP) is 4.86. The van der Waals surface area contributed by atoms with Gasteiger partial charge in [-0.2, -0.15) is 0 Å². The van der Waals surface area contributed by atoms with Crippen LogP contribution in [0.15, 0.2) is 27.5 Å². The highest BCUT2D eigenvalue weighted by atomic mass is 79.9. The standard InChI is InChI=1S/C19H20BrClN2O2/c1-11-13(21)7-6-8-14(11)22-19(25)16-15-9-4-3-5-10-23(15)12(2)17(20)18(16)24/h6-8H,3-5,9-10H2,1-2H3,(H,22,25). The van der Waals surface area contributed by atoms with Gasteiger partial charge in [0, 0.05) is 28.6 Å². The third-order valence-electron chi connectivity index (χ3n) is 4.80. The molecular formula is C19H20BrClN2O2. The SMILES string of the molecule is Cc1c(Cl)cccc1NC(=O)c1c2n(c(C)c(Br)c1=O)CCCCC2. The number of hydrogen-bond donors (Lipinski definition) is 1. The van der Waals surface area contributed by atoms with Gasteiger partial charge in [0.25, 0.3) is 5.91 Å². The zero-order valence-electron chi connectivity index (χ0n) is 14.3. The first-order chi connectivity index (χ1) is 11.9. The number of nitrogens with one attached hydrogen (secondary N) is 1. The minimum atomic E-state index is -0.373. The second kappa shape index (κ2) is 7.34. The number of fused-ring (bicyclic) bond motifs is 1. The van der Waals surface area contributed by atoms with E-state index in [1.54, 1.807) is 18.2 Å². The van der Waals surface area contributed by atoms with Crippen molar-refractivity contribution in [3.05, 3.63) is 60.4 Å². The van der Waals surface area contributed by atoms with E-state index in [1.807, 2.05) is 13.8 Å². The summed E-state index contributed by atoms with van der Waals surface area (Å²) in [5.74, 6) is -0.373. The van der Waals surface area contributed by atoms with Crippen LogP contribution in [0.2, 0.25) is 5.02 Å². The second-order valence-corrected chi connectivity index (χ2v) is 7.58. The topological polar surface area (TPSA) is 51.1 Å². The number of aromatic nitrogens is 1. The number of anilines is 1. The van der Waals surface area contributed by atoms with Gasteiger partial charge in [0.15, 0.2) is 0 Å². The molecule has 0 unspecified atom stereocenters. The molecule has 0 spiro atoms. The molecule has 1 amide bonds. The van der Waals surface area contributed by atoms with Crippen molar-refractivity contribution in [2.75, 3.05) is 5.32 Å². The maximum absolute atomic E-state index is 13.0. The maximum Gasteiger partial charge on any atom is 0.261 e. The molecule has 0 fully saturated rings. The smallest absolute Gasteiger partial charge is 0.261 e. The predicted molar refractivity (Wildman–Crippen MR) is 105 cm³/mol. The average molecular weight is 424 g/mol. The lowest BCUT2D eigenvalue weighted by molar-refractivity contribution is 0.102. The van der Waals surface area contributed by atoms with Crippen molar-refractivity contribution >= 4 is 39.1 Å². The number of rotatable bonds is 2. The number of pyridine rings is 1. The molecule has 0 saturated heterocycles. The number of carbonyl (C=O) groups excluding carboxylic acids is 1. The molecule has 0 radical (unpaired) electrons. The summed E-state index contributed by atoms with van der Waals surface area (Å²) in [5, 5.41) is 3.45. The molecule has 132 valence electrons. The van der Waals surface area contributed by atoms with E-state index in [9.17, 15) is 9.59 Å². The molecule has 25 heavy (non-hydrogen) atoms. The van der Waals surface area contributed by atoms with Crippen LogP contribution in [0.4, 0.5) is 5.69 Å². The molecular weight excluding hydrogens is 404 g/mol. The number of nitrogens with zero attached hydrogens (tertiary/aromatic N) is 1. The van der Waals surface area contributed by atoms with E-state index in [1.165, 1.54) is 0 Å². The zero-order chi connectivity index (χ0) is 18.1. The first-order valence-electron chi connectivity index (χ1n) is 8.40. The van der Waals surface area contributed by atoms with Gasteiger partial charge in [-0.15, -0.1) is 0 Å². The van der Waals surface area contributed by atoms with Gasteiger partial charge in [-0.25, -0.2) is 0 Å². The van der Waals surface area contributed by atoms with E-state index in [-0.39, 0.29) is 16.9 Å². The van der Waals surface area contributed by atoms with Gasteiger partial charge in [-0.3, -0.25) is 9.59 Å². The van der Waals surface area contributed by atoms with E-state index >= 15 is 0 Å². The second-order valence-electron chi connectivity index (χ2n) is 6.38. The van der Waals surface area contributed by atoms with Gasteiger partial charge >= 0.3 is 0 Å². The van der Waals surface area contributed by atoms with Gasteiger partial charge in [0.05, 0.1) is 4.47 Å². The summed E-state index contributed by atoms with van der Waals surface area (Å²) >= 11 is 9.51. The summed E-state index contributed by atoms with van der Waals surface area (Å²) in [5.41, 5.74) is 3.12. The van der Waals surface area contributed by atoms with Crippen LogP contribution in [0.5, 0.6) is 0 Å². The summed E-state index contributed by atoms with van der Waals surface area (Å²) in [6.45, 7) is 4.59. The Morgan fingerprint density at radius 1 is 1.24 bits per heavy atom. The van der Waals surface area contributed by atoms with Crippen LogP contribution in [0.3, 0.4) is 0 Å². The molecule has 1 aliphatic rings. The highest BCUT2D eigenvalue weighted by Gasteiger charge is 2.24. The molecule has 3 rings (SSSR count). The minimum Gasteiger partial charge on any atom is -0.347 e. The number of benzene rings is 1. The van der Waals surface area contributed by atoms with Gasteiger partial charge in [-0.05, 0) is 66.7 Å². The minimum absolute atomic E-state index is 0.235. The third kappa shape index (κ3) is 3.40. The average Bonchev–Trinajstić information content (AvgIpc) is 2.83. The van der Waals surface area contributed by atoms with Crippen molar-refractivity contribution in [2.24, 2.45) is 0 Å². The van der Waals surface area contributed by atoms with E-state index < -0.39 is 0 Å². The zero-order valence-corrected chi connectivity index (χ0v) is 16.6. The Bertz CT molecular complexity index is 905. The Labute approximate surface area is 160 Å². The van der Waals surface area contributed by atoms with Crippen molar-refractivity contribution in [2.45, 2.75) is 46.1 Å². The highest BCUT2D eigenvalue weighted by molar-refractivity contribution is 9.10. The van der Waals surface area contributed by atoms with Crippen LogP contribution >= 0.6 is 27.5 Å². The summed E-state index contributed by atoms with van der Waals surface area (Å²) in [6.07, 6.45) is 3.87. The molecule has 1 N–H and O–H groups in total. The van der Waals surface area contributed by atoms with Crippen LogP contribution in [0, 0.1) is 13.8 Å². The third-order valence-corrected chi connectivity index (χ3v) is 6.14. The Balaban J connectivity index is 2.10. The molecule has 1 aromatic heterocycles. The van der Waals surface area contributed by atoms with Crippen molar-refractivity contribution in [1.82, 2.24) is 4.57 Å². The van der Waals surface area contributed by atoms with Crippen LogP contribution in [-0.2, 0) is 13.0 Å². The van der Waals surface area contributed by atoms with Gasteiger partial charge < -0.3 is 9.88 Å². The molecule has 0 saturated carbocycles. The first kappa shape index (κ1) is 18.2. The largest absolute Gasteiger partial charge is 0.347 e. The fourth-order valence-corrected chi connectivity index (χ4v) is 3.91. The van der Waals surface area contributed by atoms with E-state index in [0.29, 0.717) is 15.2 Å². The maximum atomic E-state index is 13.0. The number of amides is 1. The van der Waals surface area contributed by atoms with Gasteiger partial charge in [-0.1, -0.05) is 24.1 Å². The molecule has 1 aliphatic heterocycles. The Morgan fingerprint density at radius 2 is 2.00 bits per heavy atom. The monoisotopic (exact) mass is 422 g/mol. The lowest BCUT2D eigenvalue weighted by Crippen LogP contribution is -2.29. The summed E-state index contributed by atoms with van der Waals surface area (Å²) in [7, 11) is 0. The number of hydrogen-bond acceptors (Lipinski definition) is 2. The van der Waals surface area contributed by atoms with E-state index in [2.05, 4.69) is 25.8 Å². The normalized spacial score (nSPS) is 13.9. The summed E-state index contributed by atoms with van der Waals surface area (Å²) in [6, 6.07) is 5.35. The lowest BCUT2D eigenvalue weighted by Gasteiger charge is -2.19. The molecule has 0 aliphatic carbocycles. The van der Waals surface area contributed by atoms with Crippen molar-refractivity contribution in [3.8, 4) is 0 Å².